The van der Waals surface area contributed by atoms with Crippen LogP contribution in [0.4, 0.5) is 4.79 Å². The van der Waals surface area contributed by atoms with E-state index >= 15 is 0 Å². The molecule has 0 spiro atoms. The van der Waals surface area contributed by atoms with Crippen LogP contribution in [0.15, 0.2) is 35.6 Å². The Morgan fingerprint density at radius 3 is 2.43 bits per heavy atom. The Balaban J connectivity index is 2.72. The van der Waals surface area contributed by atoms with E-state index in [2.05, 4.69) is 10.1 Å². The van der Waals surface area contributed by atoms with Gasteiger partial charge in [0.15, 0.2) is 0 Å². The first kappa shape index (κ1) is 18.3. The molecule has 0 aromatic heterocycles. The number of esters is 1. The number of ether oxygens (including phenoxy) is 2. The molecule has 1 aromatic carbocycles. The maximum atomic E-state index is 12.0. The van der Waals surface area contributed by atoms with Crippen LogP contribution in [0, 0.1) is 0 Å². The van der Waals surface area contributed by atoms with Crippen molar-refractivity contribution in [1.82, 2.24) is 5.01 Å². The van der Waals surface area contributed by atoms with Crippen LogP contribution in [0.2, 0.25) is 0 Å². The van der Waals surface area contributed by atoms with E-state index in [1.807, 2.05) is 18.2 Å². The minimum atomic E-state index is -1.11. The first-order valence-electron chi connectivity index (χ1n) is 7.02. The highest BCUT2D eigenvalue weighted by molar-refractivity contribution is 5.80. The van der Waals surface area contributed by atoms with Gasteiger partial charge in [0.1, 0.15) is 12.2 Å². The molecular weight excluding hydrogens is 300 g/mol. The van der Waals surface area contributed by atoms with Gasteiger partial charge in [0.05, 0.1) is 0 Å². The topological polar surface area (TPSA) is 105 Å². The van der Waals surface area contributed by atoms with Crippen molar-refractivity contribution in [3.8, 4) is 0 Å². The lowest BCUT2D eigenvalue weighted by Gasteiger charge is -2.23. The summed E-state index contributed by atoms with van der Waals surface area (Å²) in [5.41, 5.74) is 8.60. The smallest absolute Gasteiger partial charge is 0.458 e. The number of nitrogens with zero attached hydrogens (tertiary/aromatic N) is 4. The third-order valence-corrected chi connectivity index (χ3v) is 2.65. The maximum Gasteiger partial charge on any atom is 0.511 e. The van der Waals surface area contributed by atoms with Crippen molar-refractivity contribution in [3.63, 3.8) is 0 Å². The molecule has 0 saturated heterocycles. The predicted molar refractivity (Wildman–Crippen MR) is 82.9 cm³/mol. The highest BCUT2D eigenvalue weighted by Crippen LogP contribution is 2.14. The highest BCUT2D eigenvalue weighted by atomic mass is 16.6. The molecule has 0 aliphatic heterocycles. The quantitative estimate of drug-likeness (QED) is 0.272. The molecular formula is C15H20N4O4. The Morgan fingerprint density at radius 1 is 1.30 bits per heavy atom. The molecule has 1 amide bonds. The second-order valence-electron chi connectivity index (χ2n) is 5.77. The van der Waals surface area contributed by atoms with Gasteiger partial charge in [-0.3, -0.25) is 0 Å². The molecule has 0 heterocycles. The van der Waals surface area contributed by atoms with Crippen molar-refractivity contribution in [1.29, 1.82) is 0 Å². The molecule has 0 radical (unpaired) electrons. The van der Waals surface area contributed by atoms with Gasteiger partial charge in [-0.15, -0.1) is 10.5 Å². The van der Waals surface area contributed by atoms with Crippen LogP contribution in [0.3, 0.4) is 0 Å². The van der Waals surface area contributed by atoms with Gasteiger partial charge >= 0.3 is 12.1 Å². The summed E-state index contributed by atoms with van der Waals surface area (Å²) in [7, 11) is 0. The summed E-state index contributed by atoms with van der Waals surface area (Å²) in [5, 5.41) is 3.85. The molecule has 0 N–H and O–H groups in total. The molecule has 8 heteroatoms. The van der Waals surface area contributed by atoms with E-state index in [4.69, 9.17) is 15.0 Å². The Hall–Kier alpha value is -2.73. The second kappa shape index (κ2) is 8.05. The largest absolute Gasteiger partial charge is 0.511 e. The molecule has 0 aliphatic carbocycles. The van der Waals surface area contributed by atoms with Crippen LogP contribution < -0.4 is 0 Å². The van der Waals surface area contributed by atoms with Crippen LogP contribution in [0.25, 0.3) is 10.4 Å². The third kappa shape index (κ3) is 6.27. The van der Waals surface area contributed by atoms with E-state index in [0.29, 0.717) is 5.01 Å². The summed E-state index contributed by atoms with van der Waals surface area (Å²) in [5.74, 6) is -0.702. The maximum absolute atomic E-state index is 12.0. The molecule has 8 nitrogen and oxygen atoms in total. The molecule has 1 unspecified atom stereocenters. The zero-order valence-corrected chi connectivity index (χ0v) is 13.6. The number of benzene rings is 1. The molecule has 0 fully saturated rings. The van der Waals surface area contributed by atoms with Crippen molar-refractivity contribution in [2.45, 2.75) is 45.9 Å². The van der Waals surface area contributed by atoms with Gasteiger partial charge < -0.3 is 9.47 Å². The van der Waals surface area contributed by atoms with Crippen molar-refractivity contribution < 1.29 is 19.1 Å². The summed E-state index contributed by atoms with van der Waals surface area (Å²) in [6, 6.07) is 7.98. The minimum absolute atomic E-state index is 0.0580. The van der Waals surface area contributed by atoms with Gasteiger partial charge in [0.25, 0.3) is 0 Å². The molecule has 1 rings (SSSR count). The zero-order chi connectivity index (χ0) is 17.5. The lowest BCUT2D eigenvalue weighted by Crippen LogP contribution is -2.42. The fourth-order valence-electron chi connectivity index (χ4n) is 1.57. The zero-order valence-electron chi connectivity index (χ0n) is 13.6. The minimum Gasteiger partial charge on any atom is -0.458 e. The standard InChI is InChI=1S/C15H20N4O4/c1-11(13(20)22-10-12-8-6-5-7-9-12)19(18-17-16)14(21)23-15(2,3)4/h5-9,11H,10H2,1-4H3. The van der Waals surface area contributed by atoms with Gasteiger partial charge in [-0.2, -0.15) is 9.71 Å². The van der Waals surface area contributed by atoms with Gasteiger partial charge in [0, 0.05) is 0 Å². The van der Waals surface area contributed by atoms with Crippen molar-refractivity contribution in [2.24, 2.45) is 5.22 Å². The van der Waals surface area contributed by atoms with Gasteiger partial charge in [-0.1, -0.05) is 30.3 Å². The average molecular weight is 320 g/mol. The third-order valence-electron chi connectivity index (χ3n) is 2.65. The predicted octanol–water partition coefficient (Wildman–Crippen LogP) is 3.58. The SMILES string of the molecule is CC(C(=O)OCc1ccccc1)N(N=[N+]=[N-])C(=O)OC(C)(C)C. The Morgan fingerprint density at radius 2 is 1.91 bits per heavy atom. The van der Waals surface area contributed by atoms with Crippen LogP contribution in [0.5, 0.6) is 0 Å². The number of carbonyl (C=O) groups excluding carboxylic acids is 2. The molecule has 124 valence electrons. The first-order chi connectivity index (χ1) is 10.7. The summed E-state index contributed by atoms with van der Waals surface area (Å²) in [6.45, 7) is 6.45. The number of hydrogen-bond acceptors (Lipinski definition) is 5. The van der Waals surface area contributed by atoms with Crippen LogP contribution in [-0.2, 0) is 20.9 Å². The summed E-state index contributed by atoms with van der Waals surface area (Å²) >= 11 is 0. The summed E-state index contributed by atoms with van der Waals surface area (Å²) in [4.78, 5) is 26.6. The average Bonchev–Trinajstić information content (AvgIpc) is 2.48. The van der Waals surface area contributed by atoms with Crippen LogP contribution in [0.1, 0.15) is 33.3 Å². The normalized spacial score (nSPS) is 11.8. The lowest BCUT2D eigenvalue weighted by molar-refractivity contribution is -0.150. The number of rotatable bonds is 5. The first-order valence-corrected chi connectivity index (χ1v) is 7.02. The van der Waals surface area contributed by atoms with E-state index in [-0.39, 0.29) is 6.61 Å². The van der Waals surface area contributed by atoms with Crippen molar-refractivity contribution in [3.05, 3.63) is 46.3 Å². The summed E-state index contributed by atoms with van der Waals surface area (Å²) < 4.78 is 10.2. The highest BCUT2D eigenvalue weighted by Gasteiger charge is 2.35. The summed E-state index contributed by atoms with van der Waals surface area (Å²) in [6.07, 6.45) is -0.917. The van der Waals surface area contributed by atoms with Crippen LogP contribution in [-0.4, -0.2) is 28.7 Å². The van der Waals surface area contributed by atoms with E-state index in [1.165, 1.54) is 6.92 Å². The van der Waals surface area contributed by atoms with Gasteiger partial charge in [-0.25, -0.2) is 4.79 Å². The number of carbonyl (C=O) groups is 2. The Bertz CT molecular complexity index is 591. The van der Waals surface area contributed by atoms with E-state index in [0.717, 1.165) is 5.56 Å². The molecule has 1 aromatic rings. The molecule has 0 bridgehead atoms. The lowest BCUT2D eigenvalue weighted by atomic mass is 10.2. The number of azide groups is 1. The van der Waals surface area contributed by atoms with Crippen molar-refractivity contribution in [2.75, 3.05) is 0 Å². The monoisotopic (exact) mass is 320 g/mol. The molecule has 1 atom stereocenters. The van der Waals surface area contributed by atoms with Crippen molar-refractivity contribution >= 4 is 12.1 Å². The van der Waals surface area contributed by atoms with E-state index in [9.17, 15) is 9.59 Å². The second-order valence-corrected chi connectivity index (χ2v) is 5.77. The van der Waals surface area contributed by atoms with Crippen LogP contribution >= 0.6 is 0 Å². The number of amides is 1. The Labute approximate surface area is 134 Å². The molecule has 23 heavy (non-hydrogen) atoms. The van der Waals surface area contributed by atoms with Gasteiger partial charge in [0.2, 0.25) is 6.04 Å². The Kier molecular flexibility index (Phi) is 6.41. The van der Waals surface area contributed by atoms with E-state index in [1.54, 1.807) is 32.9 Å². The van der Waals surface area contributed by atoms with E-state index < -0.39 is 23.7 Å². The molecule has 0 aliphatic rings. The fourth-order valence-corrected chi connectivity index (χ4v) is 1.57. The number of hydrogen-bond donors (Lipinski definition) is 0. The molecule has 0 saturated carbocycles. The fraction of sp³-hybridized carbons (Fsp3) is 0.467. The van der Waals surface area contributed by atoms with Gasteiger partial charge in [-0.05, 0) is 38.5 Å².